The summed E-state index contributed by atoms with van der Waals surface area (Å²) in [6.07, 6.45) is -0.187. The second kappa shape index (κ2) is 8.14. The zero-order chi connectivity index (χ0) is 25.9. The van der Waals surface area contributed by atoms with Crippen molar-refractivity contribution in [1.82, 2.24) is 0 Å². The average molecular weight is 486 g/mol. The molecule has 6 N–H and O–H groups in total. The van der Waals surface area contributed by atoms with Crippen LogP contribution in [0.4, 0.5) is 5.69 Å². The zero-order valence-electron chi connectivity index (χ0n) is 19.0. The smallest absolute Gasteiger partial charge is 0.235 e. The molecule has 2 fully saturated rings. The maximum atomic E-state index is 13.5. The Morgan fingerprint density at radius 1 is 1.03 bits per heavy atom. The van der Waals surface area contributed by atoms with Crippen molar-refractivity contribution >= 4 is 34.7 Å². The number of carbonyl (C=O) groups excluding carboxylic acids is 5. The van der Waals surface area contributed by atoms with Crippen LogP contribution in [0.25, 0.3) is 0 Å². The summed E-state index contributed by atoms with van der Waals surface area (Å²) in [5.41, 5.74) is 10.4. The first kappa shape index (κ1) is 23.5. The molecule has 3 aliphatic rings. The van der Waals surface area contributed by atoms with Crippen molar-refractivity contribution in [2.45, 2.75) is 24.9 Å². The minimum atomic E-state index is -2.66. The number of hydrogen-bond acceptors (Lipinski definition) is 8. The lowest BCUT2D eigenvalue weighted by molar-refractivity contribution is -0.175. The minimum Gasteiger partial charge on any atom is -0.507 e. The summed E-state index contributed by atoms with van der Waals surface area (Å²) in [4.78, 5) is 64.1. The topological polar surface area (TPSA) is 178 Å². The number of phenols is 1. The molecule has 0 spiro atoms. The molecule has 36 heavy (non-hydrogen) atoms. The zero-order valence-corrected chi connectivity index (χ0v) is 19.0. The Morgan fingerprint density at radius 3 is 2.47 bits per heavy atom. The molecule has 5 atom stereocenters. The fraction of sp³-hybridized carbons (Fsp3) is 0.296. The third-order valence-corrected chi connectivity index (χ3v) is 7.51. The largest absolute Gasteiger partial charge is 0.507 e. The molecule has 0 bridgehead atoms. The van der Waals surface area contributed by atoms with Crippen molar-refractivity contribution in [3.8, 4) is 17.6 Å². The summed E-state index contributed by atoms with van der Waals surface area (Å²) in [7, 11) is 0. The Balaban J connectivity index is 1.57. The molecule has 0 heterocycles. The highest BCUT2D eigenvalue weighted by atomic mass is 16.3. The molecule has 2 aromatic carbocycles. The van der Waals surface area contributed by atoms with Crippen LogP contribution < -0.4 is 11.5 Å². The van der Waals surface area contributed by atoms with E-state index in [0.29, 0.717) is 22.4 Å². The number of nitrogens with two attached hydrogens (primary N) is 2. The lowest BCUT2D eigenvalue weighted by atomic mass is 9.53. The van der Waals surface area contributed by atoms with Gasteiger partial charge in [0, 0.05) is 29.2 Å². The van der Waals surface area contributed by atoms with Gasteiger partial charge in [-0.25, -0.2) is 0 Å². The van der Waals surface area contributed by atoms with E-state index in [-0.39, 0.29) is 30.6 Å². The lowest BCUT2D eigenvalue weighted by Crippen LogP contribution is -2.68. The molecular formula is C27H22N2O7. The number of ketones is 4. The lowest BCUT2D eigenvalue weighted by Gasteiger charge is -2.48. The number of amides is 1. The highest BCUT2D eigenvalue weighted by Gasteiger charge is 2.66. The second-order valence-electron chi connectivity index (χ2n) is 9.60. The molecule has 182 valence electrons. The number of benzene rings is 2. The van der Waals surface area contributed by atoms with Crippen molar-refractivity contribution in [2.75, 3.05) is 5.73 Å². The number of primary amides is 1. The van der Waals surface area contributed by atoms with Gasteiger partial charge in [0.15, 0.2) is 34.7 Å². The molecule has 5 rings (SSSR count). The van der Waals surface area contributed by atoms with E-state index in [0.717, 1.165) is 0 Å². The molecule has 2 saturated carbocycles. The van der Waals surface area contributed by atoms with Gasteiger partial charge in [0.1, 0.15) is 5.75 Å². The molecule has 9 nitrogen and oxygen atoms in total. The van der Waals surface area contributed by atoms with E-state index in [1.807, 2.05) is 0 Å². The van der Waals surface area contributed by atoms with Crippen LogP contribution in [0.1, 0.15) is 39.9 Å². The standard InChI is InChI=1S/C27H22N2O7/c28-16-3-1-2-12(8-16)4-5-13-6-7-18(30)21-17(13)10-14-9-15-11-19(31)22(26(29)35)25(34)27(15,36)24(33)20(14)23(21)32/h1-3,6-8,14-15,20,22,30,36H,9-11,28H2,(H2,29,35)/t14-,15+,20?,22?,27+/m1/s1. The fourth-order valence-electron chi connectivity index (χ4n) is 5.84. The number of carbonyl (C=O) groups is 5. The van der Waals surface area contributed by atoms with Crippen molar-refractivity contribution in [1.29, 1.82) is 0 Å². The van der Waals surface area contributed by atoms with Crippen molar-refractivity contribution in [3.63, 3.8) is 0 Å². The van der Waals surface area contributed by atoms with Gasteiger partial charge in [-0.05, 0) is 54.7 Å². The first-order chi connectivity index (χ1) is 17.0. The van der Waals surface area contributed by atoms with Crippen LogP contribution in [-0.2, 0) is 25.6 Å². The Bertz CT molecular complexity index is 1450. The van der Waals surface area contributed by atoms with Crippen LogP contribution in [0.3, 0.4) is 0 Å². The average Bonchev–Trinajstić information content (AvgIpc) is 2.80. The van der Waals surface area contributed by atoms with E-state index in [9.17, 15) is 34.2 Å². The Hall–Kier alpha value is -4.29. The second-order valence-corrected chi connectivity index (χ2v) is 9.60. The molecule has 0 saturated heterocycles. The third-order valence-electron chi connectivity index (χ3n) is 7.51. The van der Waals surface area contributed by atoms with Crippen LogP contribution in [0.5, 0.6) is 5.75 Å². The van der Waals surface area contributed by atoms with E-state index < -0.39 is 58.3 Å². The van der Waals surface area contributed by atoms with E-state index in [1.165, 1.54) is 6.07 Å². The summed E-state index contributed by atoms with van der Waals surface area (Å²) in [6.45, 7) is 0. The number of anilines is 1. The van der Waals surface area contributed by atoms with Gasteiger partial charge in [-0.1, -0.05) is 17.9 Å². The van der Waals surface area contributed by atoms with Crippen molar-refractivity contribution < 1.29 is 34.2 Å². The maximum absolute atomic E-state index is 13.5. The molecule has 0 radical (unpaired) electrons. The summed E-state index contributed by atoms with van der Waals surface area (Å²) in [5.74, 6) is -4.45. The van der Waals surface area contributed by atoms with Crippen molar-refractivity contribution in [2.24, 2.45) is 29.4 Å². The van der Waals surface area contributed by atoms with Crippen molar-refractivity contribution in [3.05, 3.63) is 58.7 Å². The number of hydrogen-bond donors (Lipinski definition) is 4. The van der Waals surface area contributed by atoms with Gasteiger partial charge in [-0.15, -0.1) is 0 Å². The number of rotatable bonds is 1. The molecule has 2 unspecified atom stereocenters. The monoisotopic (exact) mass is 486 g/mol. The number of aromatic hydroxyl groups is 1. The Morgan fingerprint density at radius 2 is 1.78 bits per heavy atom. The summed E-state index contributed by atoms with van der Waals surface area (Å²) in [6, 6.07) is 9.82. The van der Waals surface area contributed by atoms with Gasteiger partial charge in [0.25, 0.3) is 0 Å². The fourth-order valence-corrected chi connectivity index (χ4v) is 5.84. The van der Waals surface area contributed by atoms with Crippen LogP contribution in [-0.4, -0.2) is 44.9 Å². The molecule has 0 aromatic heterocycles. The van der Waals surface area contributed by atoms with Crippen LogP contribution in [0, 0.1) is 35.5 Å². The summed E-state index contributed by atoms with van der Waals surface area (Å²) in [5, 5.41) is 21.7. The van der Waals surface area contributed by atoms with Gasteiger partial charge in [0.2, 0.25) is 5.91 Å². The highest BCUT2D eigenvalue weighted by Crippen LogP contribution is 2.50. The first-order valence-electron chi connectivity index (χ1n) is 11.4. The quantitative estimate of drug-likeness (QED) is 0.253. The number of fused-ring (bicyclic) bond motifs is 3. The summed E-state index contributed by atoms with van der Waals surface area (Å²) < 4.78 is 0. The normalized spacial score (nSPS) is 28.9. The highest BCUT2D eigenvalue weighted by molar-refractivity contribution is 6.31. The minimum absolute atomic E-state index is 0.0266. The summed E-state index contributed by atoms with van der Waals surface area (Å²) >= 11 is 0. The number of nitrogen functional groups attached to an aromatic ring is 1. The van der Waals surface area contributed by atoms with E-state index >= 15 is 0 Å². The van der Waals surface area contributed by atoms with Gasteiger partial charge in [-0.3, -0.25) is 24.0 Å². The number of aliphatic hydroxyl groups is 1. The number of phenolic OH excluding ortho intramolecular Hbond substituents is 1. The van der Waals surface area contributed by atoms with Crippen LogP contribution in [0.15, 0.2) is 36.4 Å². The predicted molar refractivity (Wildman–Crippen MR) is 125 cm³/mol. The van der Waals surface area contributed by atoms with Gasteiger partial charge < -0.3 is 21.7 Å². The molecular weight excluding hydrogens is 464 g/mol. The third kappa shape index (κ3) is 3.33. The molecule has 3 aliphatic carbocycles. The molecule has 2 aromatic rings. The molecule has 1 amide bonds. The van der Waals surface area contributed by atoms with Gasteiger partial charge in [-0.2, -0.15) is 0 Å². The molecule has 9 heteroatoms. The van der Waals surface area contributed by atoms with Crippen LogP contribution >= 0.6 is 0 Å². The SMILES string of the molecule is NC(=O)C1C(=O)C[C@@H]2C[C@@H]3Cc4c(C#Cc5cccc(N)c5)ccc(O)c4C(=O)C3C(=O)[C@]2(O)C1=O. The Labute approximate surface area is 205 Å². The van der Waals surface area contributed by atoms with E-state index in [2.05, 4.69) is 11.8 Å². The van der Waals surface area contributed by atoms with E-state index in [1.54, 1.807) is 30.3 Å². The van der Waals surface area contributed by atoms with Gasteiger partial charge >= 0.3 is 0 Å². The predicted octanol–water partition coefficient (Wildman–Crippen LogP) is 0.309. The first-order valence-corrected chi connectivity index (χ1v) is 11.4. The van der Waals surface area contributed by atoms with E-state index in [4.69, 9.17) is 11.5 Å². The van der Waals surface area contributed by atoms with Gasteiger partial charge in [0.05, 0.1) is 11.5 Å². The molecule has 0 aliphatic heterocycles. The van der Waals surface area contributed by atoms with Crippen LogP contribution in [0.2, 0.25) is 0 Å². The maximum Gasteiger partial charge on any atom is 0.235 e. The Kier molecular flexibility index (Phi) is 5.30. The number of Topliss-reactive ketones (excluding diaryl/α,β-unsaturated/α-hetero) is 4.